The second kappa shape index (κ2) is 10.0. The number of allylic oxidation sites excluding steroid dienone is 1. The van der Waals surface area contributed by atoms with Crippen LogP contribution in [-0.2, 0) is 11.2 Å². The molecule has 6 N–H and O–H groups in total. The van der Waals surface area contributed by atoms with Crippen LogP contribution in [0.4, 0.5) is 0 Å². The highest BCUT2D eigenvalue weighted by atomic mass is 16.7. The van der Waals surface area contributed by atoms with Gasteiger partial charge in [0, 0.05) is 0 Å². The maximum Gasteiger partial charge on any atom is 0.229 e. The highest BCUT2D eigenvalue weighted by Crippen LogP contribution is 2.26. The molecule has 0 unspecified atom stereocenters. The molecule has 2 aromatic rings. The number of phenolic OH excluding ortho intramolecular Hbond substituents is 1. The van der Waals surface area contributed by atoms with Crippen LogP contribution in [0.1, 0.15) is 11.1 Å². The minimum atomic E-state index is -1.51. The zero-order valence-corrected chi connectivity index (χ0v) is 16.2. The summed E-state index contributed by atoms with van der Waals surface area (Å²) in [7, 11) is 0. The predicted molar refractivity (Wildman–Crippen MR) is 108 cm³/mol. The van der Waals surface area contributed by atoms with E-state index in [2.05, 4.69) is 0 Å². The molecule has 30 heavy (non-hydrogen) atoms. The number of aliphatic hydroxyl groups excluding tert-OH is 5. The minimum Gasteiger partial charge on any atom is -0.508 e. The van der Waals surface area contributed by atoms with Gasteiger partial charge in [0.05, 0.1) is 13.2 Å². The van der Waals surface area contributed by atoms with Gasteiger partial charge in [-0.25, -0.2) is 0 Å². The molecule has 162 valence electrons. The monoisotopic (exact) mass is 418 g/mol. The summed E-state index contributed by atoms with van der Waals surface area (Å²) < 4.78 is 10.9. The van der Waals surface area contributed by atoms with Crippen molar-refractivity contribution in [3.05, 3.63) is 65.7 Å². The molecular weight excluding hydrogens is 392 g/mol. The molecule has 0 bridgehead atoms. The second-order valence-electron chi connectivity index (χ2n) is 7.10. The molecule has 0 saturated carbocycles. The maximum atomic E-state index is 10.1. The van der Waals surface area contributed by atoms with Crippen LogP contribution < -0.4 is 4.74 Å². The van der Waals surface area contributed by atoms with Crippen LogP contribution in [0.2, 0.25) is 0 Å². The molecule has 0 aromatic heterocycles. The first-order valence-corrected chi connectivity index (χ1v) is 9.58. The Bertz CT molecular complexity index is 831. The molecule has 0 amide bonds. The van der Waals surface area contributed by atoms with Gasteiger partial charge in [0.15, 0.2) is 0 Å². The average molecular weight is 418 g/mol. The van der Waals surface area contributed by atoms with Gasteiger partial charge in [-0.3, -0.25) is 0 Å². The summed E-state index contributed by atoms with van der Waals surface area (Å²) in [6, 6.07) is 13.5. The van der Waals surface area contributed by atoms with Crippen molar-refractivity contribution in [3.63, 3.8) is 0 Å². The van der Waals surface area contributed by atoms with Crippen LogP contribution in [-0.4, -0.2) is 74.6 Å². The van der Waals surface area contributed by atoms with Gasteiger partial charge in [-0.1, -0.05) is 30.3 Å². The van der Waals surface area contributed by atoms with E-state index < -0.39 is 37.3 Å². The van der Waals surface area contributed by atoms with E-state index in [4.69, 9.17) is 9.47 Å². The molecule has 1 heterocycles. The zero-order chi connectivity index (χ0) is 21.7. The minimum absolute atomic E-state index is 0.162. The van der Waals surface area contributed by atoms with Gasteiger partial charge in [0.25, 0.3) is 0 Å². The van der Waals surface area contributed by atoms with Crippen LogP contribution >= 0.6 is 0 Å². The lowest BCUT2D eigenvalue weighted by atomic mass is 9.99. The number of hydrogen-bond acceptors (Lipinski definition) is 8. The molecule has 5 atom stereocenters. The normalized spacial score (nSPS) is 27.1. The Morgan fingerprint density at radius 2 is 1.57 bits per heavy atom. The van der Waals surface area contributed by atoms with Gasteiger partial charge >= 0.3 is 0 Å². The molecule has 1 aliphatic rings. The van der Waals surface area contributed by atoms with E-state index in [0.717, 1.165) is 11.1 Å². The van der Waals surface area contributed by atoms with Crippen molar-refractivity contribution in [3.8, 4) is 11.5 Å². The second-order valence-corrected chi connectivity index (χ2v) is 7.10. The van der Waals surface area contributed by atoms with Crippen LogP contribution in [0.15, 0.2) is 54.6 Å². The summed E-state index contributed by atoms with van der Waals surface area (Å²) in [5.41, 5.74) is 2.47. The number of benzene rings is 2. The van der Waals surface area contributed by atoms with E-state index in [1.165, 1.54) is 0 Å². The van der Waals surface area contributed by atoms with E-state index in [1.54, 1.807) is 48.5 Å². The van der Waals surface area contributed by atoms with Crippen molar-refractivity contribution in [2.45, 2.75) is 37.1 Å². The van der Waals surface area contributed by atoms with Gasteiger partial charge in [0.1, 0.15) is 35.9 Å². The van der Waals surface area contributed by atoms with Crippen molar-refractivity contribution in [2.75, 3.05) is 13.2 Å². The third kappa shape index (κ3) is 5.17. The van der Waals surface area contributed by atoms with E-state index in [9.17, 15) is 30.6 Å². The Morgan fingerprint density at radius 3 is 2.17 bits per heavy atom. The maximum absolute atomic E-state index is 10.1. The van der Waals surface area contributed by atoms with Gasteiger partial charge in [-0.15, -0.1) is 0 Å². The number of rotatable bonds is 7. The number of ether oxygens (including phenoxy) is 2. The van der Waals surface area contributed by atoms with Gasteiger partial charge in [-0.2, -0.15) is 0 Å². The van der Waals surface area contributed by atoms with Crippen LogP contribution in [0, 0.1) is 0 Å². The molecular formula is C22H26O8. The van der Waals surface area contributed by atoms with Crippen LogP contribution in [0.25, 0.3) is 5.57 Å². The lowest BCUT2D eigenvalue weighted by Gasteiger charge is -2.39. The van der Waals surface area contributed by atoms with E-state index in [1.807, 2.05) is 6.08 Å². The van der Waals surface area contributed by atoms with Crippen molar-refractivity contribution in [2.24, 2.45) is 0 Å². The quantitative estimate of drug-likeness (QED) is 0.375. The Hall–Kier alpha value is -2.46. The summed E-state index contributed by atoms with van der Waals surface area (Å²) >= 11 is 0. The summed E-state index contributed by atoms with van der Waals surface area (Å²) in [5.74, 6) is 0.541. The fraction of sp³-hybridized carbons (Fsp3) is 0.364. The SMILES string of the molecule is OC/C(=C/Cc1ccc(O)cc1)c1ccc(O[C@@H]2O[C@H](CO)[C@@H](O)[C@H](O)[C@H]2O)cc1. The Morgan fingerprint density at radius 1 is 0.900 bits per heavy atom. The average Bonchev–Trinajstić information content (AvgIpc) is 2.76. The van der Waals surface area contributed by atoms with Gasteiger partial charge in [0.2, 0.25) is 6.29 Å². The van der Waals surface area contributed by atoms with E-state index >= 15 is 0 Å². The molecule has 1 saturated heterocycles. The Labute approximate surface area is 173 Å². The molecule has 0 radical (unpaired) electrons. The van der Waals surface area contributed by atoms with Gasteiger partial charge < -0.3 is 40.1 Å². The van der Waals surface area contributed by atoms with Crippen molar-refractivity contribution in [1.29, 1.82) is 0 Å². The fourth-order valence-corrected chi connectivity index (χ4v) is 3.19. The lowest BCUT2D eigenvalue weighted by molar-refractivity contribution is -0.277. The summed E-state index contributed by atoms with van der Waals surface area (Å²) in [6.07, 6.45) is -4.27. The third-order valence-electron chi connectivity index (χ3n) is 5.02. The highest BCUT2D eigenvalue weighted by molar-refractivity contribution is 5.67. The number of phenols is 1. The first-order valence-electron chi connectivity index (χ1n) is 9.58. The number of aliphatic hydroxyl groups is 5. The molecule has 0 spiro atoms. The smallest absolute Gasteiger partial charge is 0.229 e. The molecule has 1 fully saturated rings. The van der Waals surface area contributed by atoms with Crippen molar-refractivity contribution in [1.82, 2.24) is 0 Å². The Kier molecular flexibility index (Phi) is 7.43. The largest absolute Gasteiger partial charge is 0.508 e. The molecule has 8 nitrogen and oxygen atoms in total. The summed E-state index contributed by atoms with van der Waals surface area (Å²) in [4.78, 5) is 0. The zero-order valence-electron chi connectivity index (χ0n) is 16.2. The molecule has 8 heteroatoms. The Balaban J connectivity index is 1.67. The molecule has 0 aliphatic carbocycles. The van der Waals surface area contributed by atoms with E-state index in [-0.39, 0.29) is 12.4 Å². The van der Waals surface area contributed by atoms with Gasteiger partial charge in [-0.05, 0) is 47.4 Å². The molecule has 1 aliphatic heterocycles. The molecule has 2 aromatic carbocycles. The topological polar surface area (TPSA) is 140 Å². The fourth-order valence-electron chi connectivity index (χ4n) is 3.19. The summed E-state index contributed by atoms with van der Waals surface area (Å²) in [6.45, 7) is -0.694. The number of hydrogen-bond donors (Lipinski definition) is 6. The van der Waals surface area contributed by atoms with Crippen molar-refractivity contribution >= 4 is 5.57 Å². The highest BCUT2D eigenvalue weighted by Gasteiger charge is 2.44. The summed E-state index contributed by atoms with van der Waals surface area (Å²) in [5, 5.41) is 58.0. The van der Waals surface area contributed by atoms with Crippen LogP contribution in [0.5, 0.6) is 11.5 Å². The molecule has 3 rings (SSSR count). The lowest BCUT2D eigenvalue weighted by Crippen LogP contribution is -2.60. The third-order valence-corrected chi connectivity index (χ3v) is 5.02. The number of aromatic hydroxyl groups is 1. The predicted octanol–water partition coefficient (Wildman–Crippen LogP) is 0.189. The standard InChI is InChI=1S/C22H26O8/c23-11-15(4-1-13-2-7-16(25)8-3-13)14-5-9-17(10-6-14)29-22-21(28)20(27)19(26)18(12-24)30-22/h2-10,18-28H,1,11-12H2/b15-4-/t18-,19-,20+,21-,22-/m1/s1. The first-order chi connectivity index (χ1) is 14.4. The van der Waals surface area contributed by atoms with E-state index in [0.29, 0.717) is 17.7 Å². The first kappa shape index (κ1) is 22.2. The van der Waals surface area contributed by atoms with Crippen molar-refractivity contribution < 1.29 is 40.1 Å². The van der Waals surface area contributed by atoms with Crippen LogP contribution in [0.3, 0.4) is 0 Å².